The molecule has 1 aliphatic carbocycles. The van der Waals surface area contributed by atoms with Gasteiger partial charge in [-0.15, -0.1) is 0 Å². The number of hydrogen-bond acceptors (Lipinski definition) is 5. The van der Waals surface area contributed by atoms with Crippen LogP contribution in [0.2, 0.25) is 0 Å². The molecule has 6 heteroatoms. The maximum absolute atomic E-state index is 5.75. The molecule has 0 bridgehead atoms. The standard InChI is InChI=1S/C17H19N5O/c1-2-23-15-9-4-3-6-11(15)14-10-16-19-13-8-5-7-12(13)17(20-18)22(16)21-14/h3-4,6,9-10,20H,2,5,7-8,18H2,1H3. The highest BCUT2D eigenvalue weighted by Crippen LogP contribution is 2.32. The number of nitrogens with one attached hydrogen (secondary N) is 1. The minimum Gasteiger partial charge on any atom is -0.493 e. The third-order valence-electron chi connectivity index (χ3n) is 4.23. The van der Waals surface area contributed by atoms with Crippen LogP contribution in [0.1, 0.15) is 24.6 Å². The number of fused-ring (bicyclic) bond motifs is 2. The zero-order valence-electron chi connectivity index (χ0n) is 13.0. The number of hydrogen-bond donors (Lipinski definition) is 2. The lowest BCUT2D eigenvalue weighted by atomic mass is 10.1. The summed E-state index contributed by atoms with van der Waals surface area (Å²) in [5, 5.41) is 4.71. The molecule has 4 rings (SSSR count). The predicted molar refractivity (Wildman–Crippen MR) is 89.4 cm³/mol. The molecule has 0 atom stereocenters. The second-order valence-electron chi connectivity index (χ2n) is 5.61. The molecule has 6 nitrogen and oxygen atoms in total. The van der Waals surface area contributed by atoms with Gasteiger partial charge in [-0.05, 0) is 38.3 Å². The number of benzene rings is 1. The quantitative estimate of drug-likeness (QED) is 0.572. The number of aryl methyl sites for hydroxylation is 1. The van der Waals surface area contributed by atoms with Crippen molar-refractivity contribution in [1.82, 2.24) is 14.6 Å². The van der Waals surface area contributed by atoms with Crippen LogP contribution in [-0.4, -0.2) is 21.2 Å². The van der Waals surface area contributed by atoms with Crippen molar-refractivity contribution in [2.45, 2.75) is 26.2 Å². The third kappa shape index (κ3) is 2.22. The fraction of sp³-hybridized carbons (Fsp3) is 0.294. The third-order valence-corrected chi connectivity index (χ3v) is 4.23. The molecule has 3 N–H and O–H groups in total. The summed E-state index contributed by atoms with van der Waals surface area (Å²) in [6, 6.07) is 9.90. The lowest BCUT2D eigenvalue weighted by molar-refractivity contribution is 0.341. The lowest BCUT2D eigenvalue weighted by Gasteiger charge is -2.09. The van der Waals surface area contributed by atoms with Crippen molar-refractivity contribution in [3.63, 3.8) is 0 Å². The summed E-state index contributed by atoms with van der Waals surface area (Å²) in [6.45, 7) is 2.59. The number of rotatable bonds is 4. The normalized spacial score (nSPS) is 13.3. The molecule has 3 aromatic rings. The Kier molecular flexibility index (Phi) is 3.38. The van der Waals surface area contributed by atoms with Gasteiger partial charge in [0.2, 0.25) is 0 Å². The first-order valence-electron chi connectivity index (χ1n) is 7.92. The number of para-hydroxylation sites is 1. The van der Waals surface area contributed by atoms with Crippen LogP contribution < -0.4 is 16.0 Å². The van der Waals surface area contributed by atoms with Gasteiger partial charge >= 0.3 is 0 Å². The maximum Gasteiger partial charge on any atom is 0.158 e. The molecule has 0 saturated heterocycles. The van der Waals surface area contributed by atoms with Crippen LogP contribution in [0.3, 0.4) is 0 Å². The van der Waals surface area contributed by atoms with E-state index in [2.05, 4.69) is 5.43 Å². The van der Waals surface area contributed by atoms with E-state index in [1.807, 2.05) is 37.3 Å². The Bertz CT molecular complexity index is 871. The fourth-order valence-electron chi connectivity index (χ4n) is 3.23. The van der Waals surface area contributed by atoms with Crippen LogP contribution in [-0.2, 0) is 12.8 Å². The second-order valence-corrected chi connectivity index (χ2v) is 5.61. The van der Waals surface area contributed by atoms with Gasteiger partial charge in [-0.2, -0.15) is 9.61 Å². The molecule has 0 saturated carbocycles. The Morgan fingerprint density at radius 2 is 2.17 bits per heavy atom. The average molecular weight is 309 g/mol. The van der Waals surface area contributed by atoms with E-state index in [9.17, 15) is 0 Å². The highest BCUT2D eigenvalue weighted by Gasteiger charge is 2.21. The molecule has 1 aromatic carbocycles. The van der Waals surface area contributed by atoms with Gasteiger partial charge in [-0.1, -0.05) is 12.1 Å². The summed E-state index contributed by atoms with van der Waals surface area (Å²) in [6.07, 6.45) is 3.10. The molecule has 0 spiro atoms. The van der Waals surface area contributed by atoms with E-state index in [1.54, 1.807) is 4.52 Å². The highest BCUT2D eigenvalue weighted by molar-refractivity contribution is 5.71. The average Bonchev–Trinajstić information content (AvgIpc) is 3.19. The molecular formula is C17H19N5O. The maximum atomic E-state index is 5.75. The van der Waals surface area contributed by atoms with Gasteiger partial charge in [0.1, 0.15) is 11.6 Å². The van der Waals surface area contributed by atoms with Crippen molar-refractivity contribution in [2.24, 2.45) is 5.84 Å². The second kappa shape index (κ2) is 5.55. The van der Waals surface area contributed by atoms with E-state index < -0.39 is 0 Å². The van der Waals surface area contributed by atoms with Crippen LogP contribution in [0.4, 0.5) is 5.82 Å². The molecule has 0 fully saturated rings. The summed E-state index contributed by atoms with van der Waals surface area (Å²) in [7, 11) is 0. The van der Waals surface area contributed by atoms with Gasteiger partial charge in [0.25, 0.3) is 0 Å². The fourth-order valence-corrected chi connectivity index (χ4v) is 3.23. The van der Waals surface area contributed by atoms with Crippen molar-refractivity contribution in [1.29, 1.82) is 0 Å². The van der Waals surface area contributed by atoms with Crippen LogP contribution in [0.25, 0.3) is 16.9 Å². The monoisotopic (exact) mass is 309 g/mol. The number of nitrogen functional groups attached to an aromatic ring is 1. The Balaban J connectivity index is 1.91. The number of anilines is 1. The van der Waals surface area contributed by atoms with Crippen molar-refractivity contribution in [3.05, 3.63) is 41.6 Å². The molecule has 0 radical (unpaired) electrons. The van der Waals surface area contributed by atoms with E-state index in [4.69, 9.17) is 20.7 Å². The summed E-state index contributed by atoms with van der Waals surface area (Å²) < 4.78 is 7.51. The summed E-state index contributed by atoms with van der Waals surface area (Å²) in [4.78, 5) is 4.75. The van der Waals surface area contributed by atoms with Crippen molar-refractivity contribution < 1.29 is 4.74 Å². The Morgan fingerprint density at radius 3 is 3.00 bits per heavy atom. The number of ether oxygens (including phenoxy) is 1. The Labute approximate surface area is 134 Å². The first-order valence-corrected chi connectivity index (χ1v) is 7.92. The van der Waals surface area contributed by atoms with Gasteiger partial charge in [0.05, 0.1) is 12.3 Å². The molecular weight excluding hydrogens is 290 g/mol. The summed E-state index contributed by atoms with van der Waals surface area (Å²) in [5.74, 6) is 7.41. The topological polar surface area (TPSA) is 77.5 Å². The van der Waals surface area contributed by atoms with Crippen molar-refractivity contribution in [2.75, 3.05) is 12.0 Å². The van der Waals surface area contributed by atoms with Gasteiger partial charge in [-0.3, -0.25) is 0 Å². The molecule has 118 valence electrons. The zero-order valence-corrected chi connectivity index (χ0v) is 13.0. The number of aromatic nitrogens is 3. The first-order chi connectivity index (χ1) is 11.3. The van der Waals surface area contributed by atoms with E-state index in [0.29, 0.717) is 6.61 Å². The van der Waals surface area contributed by atoms with E-state index >= 15 is 0 Å². The minimum absolute atomic E-state index is 0.618. The molecule has 23 heavy (non-hydrogen) atoms. The molecule has 0 aliphatic heterocycles. The largest absolute Gasteiger partial charge is 0.493 e. The predicted octanol–water partition coefficient (Wildman–Crippen LogP) is 2.57. The summed E-state index contributed by atoms with van der Waals surface area (Å²) in [5.41, 5.74) is 7.70. The van der Waals surface area contributed by atoms with Gasteiger partial charge in [-0.25, -0.2) is 10.8 Å². The van der Waals surface area contributed by atoms with E-state index in [0.717, 1.165) is 53.4 Å². The van der Waals surface area contributed by atoms with Crippen molar-refractivity contribution >= 4 is 11.5 Å². The van der Waals surface area contributed by atoms with Crippen LogP contribution in [0, 0.1) is 0 Å². The Hall–Kier alpha value is -2.60. The number of nitrogens with zero attached hydrogens (tertiary/aromatic N) is 3. The summed E-state index contributed by atoms with van der Waals surface area (Å²) >= 11 is 0. The molecule has 2 aromatic heterocycles. The van der Waals surface area contributed by atoms with Gasteiger partial charge in [0.15, 0.2) is 5.65 Å². The smallest absolute Gasteiger partial charge is 0.158 e. The lowest BCUT2D eigenvalue weighted by Crippen LogP contribution is -2.15. The van der Waals surface area contributed by atoms with Gasteiger partial charge < -0.3 is 10.2 Å². The zero-order chi connectivity index (χ0) is 15.8. The van der Waals surface area contributed by atoms with Crippen LogP contribution in [0.15, 0.2) is 30.3 Å². The molecule has 0 unspecified atom stereocenters. The number of nitrogens with two attached hydrogens (primary N) is 1. The minimum atomic E-state index is 0.618. The number of hydrazine groups is 1. The molecule has 2 heterocycles. The van der Waals surface area contributed by atoms with Crippen molar-refractivity contribution in [3.8, 4) is 17.0 Å². The molecule has 1 aliphatic rings. The SMILES string of the molecule is CCOc1ccccc1-c1cc2nc3c(c(NN)n2n1)CCC3. The van der Waals surface area contributed by atoms with Gasteiger partial charge in [0, 0.05) is 22.9 Å². The first kappa shape index (κ1) is 14.0. The van der Waals surface area contributed by atoms with Crippen LogP contribution in [0.5, 0.6) is 5.75 Å². The van der Waals surface area contributed by atoms with Crippen LogP contribution >= 0.6 is 0 Å². The highest BCUT2D eigenvalue weighted by atomic mass is 16.5. The van der Waals surface area contributed by atoms with E-state index in [1.165, 1.54) is 5.56 Å². The molecule has 0 amide bonds. The Morgan fingerprint density at radius 1 is 1.30 bits per heavy atom. The van der Waals surface area contributed by atoms with E-state index in [-0.39, 0.29) is 0 Å².